The van der Waals surface area contributed by atoms with Crippen LogP contribution in [-0.2, 0) is 22.4 Å². The van der Waals surface area contributed by atoms with Crippen molar-refractivity contribution in [3.8, 4) is 0 Å². The highest BCUT2D eigenvalue weighted by atomic mass is 16.4. The van der Waals surface area contributed by atoms with Crippen LogP contribution in [0.4, 0.5) is 4.79 Å². The van der Waals surface area contributed by atoms with Crippen LogP contribution in [0.25, 0.3) is 0 Å². The number of urea groups is 1. The molecule has 0 aromatic heterocycles. The molecule has 1 aliphatic rings. The van der Waals surface area contributed by atoms with E-state index >= 15 is 0 Å². The molecule has 0 aliphatic carbocycles. The van der Waals surface area contributed by atoms with Crippen LogP contribution in [-0.4, -0.2) is 40.0 Å². The van der Waals surface area contributed by atoms with E-state index in [9.17, 15) is 19.5 Å². The van der Waals surface area contributed by atoms with E-state index in [1.54, 1.807) is 24.3 Å². The van der Waals surface area contributed by atoms with Crippen molar-refractivity contribution >= 4 is 17.9 Å². The fraction of sp³-hybridized carbons (Fsp3) is 0.211. The zero-order valence-electron chi connectivity index (χ0n) is 13.5. The highest BCUT2D eigenvalue weighted by Gasteiger charge is 2.44. The lowest BCUT2D eigenvalue weighted by Gasteiger charge is -2.21. The number of carboxylic acids is 1. The van der Waals surface area contributed by atoms with Gasteiger partial charge in [-0.25, -0.2) is 14.5 Å². The maximum atomic E-state index is 12.6. The SMILES string of the molecule is O=C(O)[C@@H](Cc1ccccc1)N1C(=O)N[C@@H](Cc2ccccc2)C1=O. The molecule has 0 bridgehead atoms. The molecule has 2 N–H and O–H groups in total. The normalized spacial score (nSPS) is 18.1. The second kappa shape index (κ2) is 7.17. The van der Waals surface area contributed by atoms with Crippen molar-refractivity contribution in [2.24, 2.45) is 0 Å². The predicted octanol–water partition coefficient (Wildman–Crippen LogP) is 1.85. The smallest absolute Gasteiger partial charge is 0.327 e. The molecule has 6 heteroatoms. The summed E-state index contributed by atoms with van der Waals surface area (Å²) in [5, 5.41) is 12.1. The minimum atomic E-state index is -1.23. The fourth-order valence-corrected chi connectivity index (χ4v) is 2.96. The molecular formula is C19H18N2O4. The third kappa shape index (κ3) is 3.68. The lowest BCUT2D eigenvalue weighted by atomic mass is 10.0. The molecule has 1 fully saturated rings. The van der Waals surface area contributed by atoms with Gasteiger partial charge in [0.05, 0.1) is 0 Å². The Labute approximate surface area is 145 Å². The first-order valence-corrected chi connectivity index (χ1v) is 8.00. The highest BCUT2D eigenvalue weighted by Crippen LogP contribution is 2.18. The van der Waals surface area contributed by atoms with Crippen molar-refractivity contribution in [1.29, 1.82) is 0 Å². The van der Waals surface area contributed by atoms with Crippen molar-refractivity contribution in [2.75, 3.05) is 0 Å². The minimum absolute atomic E-state index is 0.0768. The number of rotatable bonds is 6. The summed E-state index contributed by atoms with van der Waals surface area (Å²) < 4.78 is 0. The van der Waals surface area contributed by atoms with Gasteiger partial charge in [-0.3, -0.25) is 4.79 Å². The Kier molecular flexibility index (Phi) is 4.79. The molecule has 1 saturated heterocycles. The zero-order chi connectivity index (χ0) is 17.8. The van der Waals surface area contributed by atoms with E-state index in [1.165, 1.54) is 0 Å². The van der Waals surface area contributed by atoms with Crippen molar-refractivity contribution in [3.63, 3.8) is 0 Å². The lowest BCUT2D eigenvalue weighted by Crippen LogP contribution is -2.47. The molecule has 25 heavy (non-hydrogen) atoms. The molecule has 2 aromatic rings. The Bertz CT molecular complexity index is 777. The number of nitrogens with one attached hydrogen (secondary N) is 1. The summed E-state index contributed by atoms with van der Waals surface area (Å²) in [5.41, 5.74) is 1.65. The first kappa shape index (κ1) is 16.7. The van der Waals surface area contributed by atoms with Crippen LogP contribution < -0.4 is 5.32 Å². The number of carbonyl (C=O) groups excluding carboxylic acids is 2. The van der Waals surface area contributed by atoms with Crippen LogP contribution in [0.5, 0.6) is 0 Å². The molecule has 0 spiro atoms. The number of benzene rings is 2. The Morgan fingerprint density at radius 2 is 1.56 bits per heavy atom. The predicted molar refractivity (Wildman–Crippen MR) is 90.9 cm³/mol. The minimum Gasteiger partial charge on any atom is -0.480 e. The van der Waals surface area contributed by atoms with Gasteiger partial charge in [-0.2, -0.15) is 0 Å². The number of amides is 3. The third-order valence-corrected chi connectivity index (χ3v) is 4.20. The quantitative estimate of drug-likeness (QED) is 0.787. The summed E-state index contributed by atoms with van der Waals surface area (Å²) in [6, 6.07) is 15.6. The van der Waals surface area contributed by atoms with Gasteiger partial charge in [0.2, 0.25) is 0 Å². The third-order valence-electron chi connectivity index (χ3n) is 4.20. The van der Waals surface area contributed by atoms with Gasteiger partial charge in [0.15, 0.2) is 0 Å². The topological polar surface area (TPSA) is 86.7 Å². The molecule has 128 valence electrons. The summed E-state index contributed by atoms with van der Waals surface area (Å²) in [6.07, 6.45) is 0.410. The molecule has 6 nitrogen and oxygen atoms in total. The van der Waals surface area contributed by atoms with Gasteiger partial charge < -0.3 is 10.4 Å². The number of hydrogen-bond acceptors (Lipinski definition) is 3. The van der Waals surface area contributed by atoms with Crippen molar-refractivity contribution < 1.29 is 19.5 Å². The summed E-state index contributed by atoms with van der Waals surface area (Å²) in [7, 11) is 0. The summed E-state index contributed by atoms with van der Waals surface area (Å²) in [5.74, 6) is -1.70. The van der Waals surface area contributed by atoms with E-state index in [-0.39, 0.29) is 6.42 Å². The monoisotopic (exact) mass is 338 g/mol. The Morgan fingerprint density at radius 3 is 2.12 bits per heavy atom. The van der Waals surface area contributed by atoms with Crippen LogP contribution in [0, 0.1) is 0 Å². The zero-order valence-corrected chi connectivity index (χ0v) is 13.5. The van der Waals surface area contributed by atoms with Gasteiger partial charge in [-0.15, -0.1) is 0 Å². The summed E-state index contributed by atoms with van der Waals surface area (Å²) >= 11 is 0. The van der Waals surface area contributed by atoms with Crippen LogP contribution in [0.2, 0.25) is 0 Å². The maximum Gasteiger partial charge on any atom is 0.327 e. The first-order chi connectivity index (χ1) is 12.1. The van der Waals surface area contributed by atoms with Crippen LogP contribution in [0.1, 0.15) is 11.1 Å². The average Bonchev–Trinajstić information content (AvgIpc) is 2.88. The number of imide groups is 1. The van der Waals surface area contributed by atoms with Gasteiger partial charge in [-0.05, 0) is 11.1 Å². The van der Waals surface area contributed by atoms with Crippen molar-refractivity contribution in [2.45, 2.75) is 24.9 Å². The molecule has 0 saturated carbocycles. The van der Waals surface area contributed by atoms with E-state index in [2.05, 4.69) is 5.32 Å². The van der Waals surface area contributed by atoms with Crippen molar-refractivity contribution in [1.82, 2.24) is 10.2 Å². The highest BCUT2D eigenvalue weighted by molar-refractivity contribution is 6.07. The van der Waals surface area contributed by atoms with Crippen LogP contribution in [0.15, 0.2) is 60.7 Å². The molecular weight excluding hydrogens is 320 g/mol. The van der Waals surface area contributed by atoms with E-state index in [0.29, 0.717) is 6.42 Å². The summed E-state index contributed by atoms with van der Waals surface area (Å²) in [6.45, 7) is 0. The second-order valence-electron chi connectivity index (χ2n) is 5.94. The van der Waals surface area contributed by atoms with Gasteiger partial charge >= 0.3 is 12.0 Å². The molecule has 2 aromatic carbocycles. The van der Waals surface area contributed by atoms with E-state index in [1.807, 2.05) is 36.4 Å². The molecule has 1 heterocycles. The van der Waals surface area contributed by atoms with Crippen molar-refractivity contribution in [3.05, 3.63) is 71.8 Å². The Balaban J connectivity index is 1.78. The van der Waals surface area contributed by atoms with Gasteiger partial charge in [0.25, 0.3) is 5.91 Å². The second-order valence-corrected chi connectivity index (χ2v) is 5.94. The molecule has 1 aliphatic heterocycles. The molecule has 2 atom stereocenters. The number of hydrogen-bond donors (Lipinski definition) is 2. The fourth-order valence-electron chi connectivity index (χ4n) is 2.96. The Morgan fingerprint density at radius 1 is 1.00 bits per heavy atom. The lowest BCUT2D eigenvalue weighted by molar-refractivity contribution is -0.146. The molecule has 0 unspecified atom stereocenters. The van der Waals surface area contributed by atoms with Gasteiger partial charge in [0, 0.05) is 12.8 Å². The van der Waals surface area contributed by atoms with Gasteiger partial charge in [-0.1, -0.05) is 60.7 Å². The van der Waals surface area contributed by atoms with Crippen LogP contribution >= 0.6 is 0 Å². The average molecular weight is 338 g/mol. The van der Waals surface area contributed by atoms with E-state index in [0.717, 1.165) is 16.0 Å². The largest absolute Gasteiger partial charge is 0.480 e. The number of aliphatic carboxylic acids is 1. The van der Waals surface area contributed by atoms with Crippen LogP contribution in [0.3, 0.4) is 0 Å². The number of carbonyl (C=O) groups is 3. The molecule has 0 radical (unpaired) electrons. The number of carboxylic acid groups (broad SMARTS) is 1. The van der Waals surface area contributed by atoms with Gasteiger partial charge in [0.1, 0.15) is 12.1 Å². The first-order valence-electron chi connectivity index (χ1n) is 8.00. The molecule has 3 amide bonds. The van der Waals surface area contributed by atoms with E-state index < -0.39 is 30.0 Å². The molecule has 3 rings (SSSR count). The standard InChI is InChI=1S/C19H18N2O4/c22-17-15(11-13-7-3-1-4-8-13)20-19(25)21(17)16(18(23)24)12-14-9-5-2-6-10-14/h1-10,15-16H,11-12H2,(H,20,25)(H,23,24)/t15-,16+/m0/s1. The Hall–Kier alpha value is -3.15. The maximum absolute atomic E-state index is 12.6. The number of nitrogens with zero attached hydrogens (tertiary/aromatic N) is 1. The summed E-state index contributed by atoms with van der Waals surface area (Å²) in [4.78, 5) is 37.4. The van der Waals surface area contributed by atoms with E-state index in [4.69, 9.17) is 0 Å².